The van der Waals surface area contributed by atoms with Crippen LogP contribution in [0, 0.1) is 0 Å². The van der Waals surface area contributed by atoms with Crippen molar-refractivity contribution in [2.75, 3.05) is 13.2 Å². The second-order valence-corrected chi connectivity index (χ2v) is 7.26. The first-order chi connectivity index (χ1) is 14.1. The lowest BCUT2D eigenvalue weighted by Gasteiger charge is -2.19. The maximum absolute atomic E-state index is 12.5. The Balaban J connectivity index is 1.56. The van der Waals surface area contributed by atoms with E-state index in [9.17, 15) is 4.79 Å². The maximum Gasteiger partial charge on any atom is 0.261 e. The van der Waals surface area contributed by atoms with Crippen molar-refractivity contribution in [1.29, 1.82) is 0 Å². The number of nitrogens with one attached hydrogen (secondary N) is 1. The fourth-order valence-electron chi connectivity index (χ4n) is 3.58. The first-order valence-corrected chi connectivity index (χ1v) is 10.6. The molecule has 0 heterocycles. The smallest absolute Gasteiger partial charge is 0.261 e. The van der Waals surface area contributed by atoms with E-state index in [1.165, 1.54) is 24.0 Å². The molecule has 1 aliphatic rings. The van der Waals surface area contributed by atoms with E-state index in [1.54, 1.807) is 6.92 Å². The van der Waals surface area contributed by atoms with Gasteiger partial charge in [0.05, 0.1) is 13.2 Å². The molecule has 0 radical (unpaired) electrons. The molecule has 0 spiro atoms. The molecule has 0 bridgehead atoms. The molecule has 1 N–H and O–H groups in total. The van der Waals surface area contributed by atoms with E-state index in [0.29, 0.717) is 31.3 Å². The van der Waals surface area contributed by atoms with E-state index < -0.39 is 6.10 Å². The van der Waals surface area contributed by atoms with Crippen molar-refractivity contribution in [3.8, 4) is 17.2 Å². The number of hydrogen-bond donors (Lipinski definition) is 1. The summed E-state index contributed by atoms with van der Waals surface area (Å²) in [5.74, 6) is 2.02. The second-order valence-electron chi connectivity index (χ2n) is 7.26. The predicted octanol–water partition coefficient (Wildman–Crippen LogP) is 4.45. The van der Waals surface area contributed by atoms with Crippen LogP contribution < -0.4 is 19.5 Å². The van der Waals surface area contributed by atoms with Gasteiger partial charge in [0.2, 0.25) is 0 Å². The van der Waals surface area contributed by atoms with Crippen molar-refractivity contribution < 1.29 is 19.0 Å². The molecule has 2 aromatic carbocycles. The maximum atomic E-state index is 12.5. The van der Waals surface area contributed by atoms with Gasteiger partial charge in [-0.1, -0.05) is 12.1 Å². The Bertz CT molecular complexity index is 834. The van der Waals surface area contributed by atoms with Crippen molar-refractivity contribution >= 4 is 5.91 Å². The van der Waals surface area contributed by atoms with E-state index in [1.807, 2.05) is 38.1 Å². The van der Waals surface area contributed by atoms with Crippen LogP contribution in [0.2, 0.25) is 0 Å². The molecular weight excluding hydrogens is 366 g/mol. The van der Waals surface area contributed by atoms with E-state index in [-0.39, 0.29) is 5.91 Å². The van der Waals surface area contributed by atoms with Gasteiger partial charge in [0.15, 0.2) is 17.6 Å². The zero-order valence-corrected chi connectivity index (χ0v) is 17.6. The highest BCUT2D eigenvalue weighted by Crippen LogP contribution is 2.29. The van der Waals surface area contributed by atoms with Crippen LogP contribution in [0.3, 0.4) is 0 Å². The number of rotatable bonds is 9. The summed E-state index contributed by atoms with van der Waals surface area (Å²) in [5.41, 5.74) is 3.70. The van der Waals surface area contributed by atoms with E-state index in [2.05, 4.69) is 17.4 Å². The molecule has 0 fully saturated rings. The highest BCUT2D eigenvalue weighted by Gasteiger charge is 2.16. The van der Waals surface area contributed by atoms with Crippen LogP contribution >= 0.6 is 0 Å². The van der Waals surface area contributed by atoms with Crippen LogP contribution in [0.5, 0.6) is 17.2 Å². The fraction of sp³-hybridized carbons (Fsp3) is 0.458. The minimum atomic E-state index is -0.564. The number of carbonyl (C=O) groups is 1. The molecular formula is C24H31NO4. The average Bonchev–Trinajstić information content (AvgIpc) is 2.73. The van der Waals surface area contributed by atoms with Gasteiger partial charge in [-0.2, -0.15) is 0 Å². The number of amides is 1. The number of ether oxygens (including phenoxy) is 3. The van der Waals surface area contributed by atoms with Crippen molar-refractivity contribution in [3.63, 3.8) is 0 Å². The van der Waals surface area contributed by atoms with Crippen molar-refractivity contribution in [3.05, 3.63) is 53.1 Å². The van der Waals surface area contributed by atoms with Gasteiger partial charge in [-0.25, -0.2) is 0 Å². The molecule has 1 aliphatic carbocycles. The third-order valence-electron chi connectivity index (χ3n) is 5.08. The van der Waals surface area contributed by atoms with Gasteiger partial charge >= 0.3 is 0 Å². The first kappa shape index (κ1) is 21.0. The first-order valence-electron chi connectivity index (χ1n) is 10.6. The number of carbonyl (C=O) groups excluding carboxylic acids is 1. The largest absolute Gasteiger partial charge is 0.490 e. The van der Waals surface area contributed by atoms with Gasteiger partial charge in [-0.3, -0.25) is 4.79 Å². The Morgan fingerprint density at radius 3 is 2.45 bits per heavy atom. The Kier molecular flexibility index (Phi) is 7.39. The quantitative estimate of drug-likeness (QED) is 0.679. The number of benzene rings is 2. The molecule has 1 amide bonds. The molecule has 1 unspecified atom stereocenters. The molecule has 5 heteroatoms. The third-order valence-corrected chi connectivity index (χ3v) is 5.08. The van der Waals surface area contributed by atoms with Gasteiger partial charge in [0, 0.05) is 6.54 Å². The summed E-state index contributed by atoms with van der Waals surface area (Å²) in [6.07, 6.45) is 4.14. The second kappa shape index (κ2) is 10.2. The van der Waals surface area contributed by atoms with Crippen LogP contribution in [-0.2, 0) is 24.2 Å². The van der Waals surface area contributed by atoms with E-state index in [4.69, 9.17) is 14.2 Å². The zero-order valence-electron chi connectivity index (χ0n) is 17.6. The van der Waals surface area contributed by atoms with Crippen LogP contribution in [0.1, 0.15) is 50.3 Å². The summed E-state index contributed by atoms with van der Waals surface area (Å²) >= 11 is 0. The lowest BCUT2D eigenvalue weighted by atomic mass is 9.92. The van der Waals surface area contributed by atoms with E-state index in [0.717, 1.165) is 24.2 Å². The molecule has 1 atom stereocenters. The molecule has 0 aromatic heterocycles. The van der Waals surface area contributed by atoms with Crippen LogP contribution in [-0.4, -0.2) is 25.2 Å². The Hall–Kier alpha value is -2.69. The topological polar surface area (TPSA) is 56.8 Å². The number of hydrogen-bond acceptors (Lipinski definition) is 4. The fourth-order valence-corrected chi connectivity index (χ4v) is 3.58. The molecule has 156 valence electrons. The molecule has 0 saturated carbocycles. The molecule has 5 nitrogen and oxygen atoms in total. The summed E-state index contributed by atoms with van der Waals surface area (Å²) in [4.78, 5) is 12.5. The minimum Gasteiger partial charge on any atom is -0.490 e. The van der Waals surface area contributed by atoms with Gasteiger partial charge in [-0.05, 0) is 87.4 Å². The van der Waals surface area contributed by atoms with E-state index >= 15 is 0 Å². The summed E-state index contributed by atoms with van der Waals surface area (Å²) in [5, 5.41) is 2.94. The summed E-state index contributed by atoms with van der Waals surface area (Å²) in [7, 11) is 0. The molecule has 3 rings (SSSR count). The summed E-state index contributed by atoms with van der Waals surface area (Å²) in [6.45, 7) is 7.19. The Morgan fingerprint density at radius 1 is 0.966 bits per heavy atom. The SMILES string of the molecule is CCOc1ccc(CNC(=O)C(C)Oc2ccc3c(c2)CCCC3)cc1OCC. The van der Waals surface area contributed by atoms with Crippen LogP contribution in [0.25, 0.3) is 0 Å². The molecule has 29 heavy (non-hydrogen) atoms. The summed E-state index contributed by atoms with van der Waals surface area (Å²) in [6, 6.07) is 11.9. The summed E-state index contributed by atoms with van der Waals surface area (Å²) < 4.78 is 17.1. The minimum absolute atomic E-state index is 0.144. The number of aryl methyl sites for hydroxylation is 2. The standard InChI is InChI=1S/C24H31NO4/c1-4-27-22-13-10-18(14-23(22)28-5-2)16-25-24(26)17(3)29-21-12-11-19-8-6-7-9-20(19)15-21/h10-15,17H,4-9,16H2,1-3H3,(H,25,26). The van der Waals surface area contributed by atoms with Crippen LogP contribution in [0.4, 0.5) is 0 Å². The Morgan fingerprint density at radius 2 is 1.69 bits per heavy atom. The molecule has 2 aromatic rings. The molecule has 0 aliphatic heterocycles. The lowest BCUT2D eigenvalue weighted by molar-refractivity contribution is -0.127. The number of fused-ring (bicyclic) bond motifs is 1. The van der Waals surface area contributed by atoms with Gasteiger partial charge in [-0.15, -0.1) is 0 Å². The highest BCUT2D eigenvalue weighted by atomic mass is 16.5. The van der Waals surface area contributed by atoms with Crippen LogP contribution in [0.15, 0.2) is 36.4 Å². The zero-order chi connectivity index (χ0) is 20.6. The van der Waals surface area contributed by atoms with Gasteiger partial charge < -0.3 is 19.5 Å². The highest BCUT2D eigenvalue weighted by molar-refractivity contribution is 5.80. The predicted molar refractivity (Wildman–Crippen MR) is 114 cm³/mol. The van der Waals surface area contributed by atoms with Crippen molar-refractivity contribution in [1.82, 2.24) is 5.32 Å². The normalized spacial score (nSPS) is 13.9. The monoisotopic (exact) mass is 397 g/mol. The van der Waals surface area contributed by atoms with Gasteiger partial charge in [0.1, 0.15) is 5.75 Å². The van der Waals surface area contributed by atoms with Crippen molar-refractivity contribution in [2.24, 2.45) is 0 Å². The van der Waals surface area contributed by atoms with Crippen molar-refractivity contribution in [2.45, 2.75) is 59.1 Å². The Labute approximate surface area is 173 Å². The average molecular weight is 398 g/mol. The lowest BCUT2D eigenvalue weighted by Crippen LogP contribution is -2.35. The third kappa shape index (κ3) is 5.66. The van der Waals surface area contributed by atoms with Gasteiger partial charge in [0.25, 0.3) is 5.91 Å². The molecule has 0 saturated heterocycles.